The minimum absolute atomic E-state index is 0.0304. The Morgan fingerprint density at radius 3 is 2.80 bits per heavy atom. The van der Waals surface area contributed by atoms with E-state index >= 15 is 0 Å². The summed E-state index contributed by atoms with van der Waals surface area (Å²) in [5, 5.41) is 4.05. The smallest absolute Gasteiger partial charge is 0.223 e. The van der Waals surface area contributed by atoms with Crippen LogP contribution in [0.1, 0.15) is 15.4 Å². The first-order chi connectivity index (χ1) is 9.84. The van der Waals surface area contributed by atoms with Gasteiger partial charge in [0.15, 0.2) is 0 Å². The lowest BCUT2D eigenvalue weighted by molar-refractivity contribution is 0.103. The number of benzene rings is 1. The highest BCUT2D eigenvalue weighted by Gasteiger charge is 2.17. The van der Waals surface area contributed by atoms with Gasteiger partial charge in [-0.25, -0.2) is 0 Å². The van der Waals surface area contributed by atoms with Crippen LogP contribution in [-0.2, 0) is 0 Å². The number of thiophene rings is 1. The van der Waals surface area contributed by atoms with E-state index in [1.165, 1.54) is 11.3 Å². The van der Waals surface area contributed by atoms with Crippen molar-refractivity contribution in [2.24, 2.45) is 0 Å². The van der Waals surface area contributed by atoms with Crippen molar-refractivity contribution in [2.75, 3.05) is 0 Å². The minimum Gasteiger partial charge on any atom is -0.353 e. The number of hydrogen-bond acceptors (Lipinski definition) is 3. The number of hydrogen-bond donors (Lipinski definition) is 1. The third-order valence-electron chi connectivity index (χ3n) is 3.39. The van der Waals surface area contributed by atoms with Crippen LogP contribution in [-0.4, -0.2) is 15.8 Å². The summed E-state index contributed by atoms with van der Waals surface area (Å²) in [6.45, 7) is 0. The van der Waals surface area contributed by atoms with E-state index < -0.39 is 0 Å². The summed E-state index contributed by atoms with van der Waals surface area (Å²) in [5.41, 5.74) is 2.32. The van der Waals surface area contributed by atoms with E-state index in [4.69, 9.17) is 0 Å². The summed E-state index contributed by atoms with van der Waals surface area (Å²) >= 11 is 1.44. The van der Waals surface area contributed by atoms with Crippen LogP contribution in [0.15, 0.2) is 54.0 Å². The number of aromatic nitrogens is 2. The molecule has 3 aromatic heterocycles. The van der Waals surface area contributed by atoms with Crippen molar-refractivity contribution >= 4 is 38.9 Å². The molecule has 20 heavy (non-hydrogen) atoms. The Bertz CT molecular complexity index is 922. The van der Waals surface area contributed by atoms with Gasteiger partial charge in [-0.2, -0.15) is 0 Å². The zero-order chi connectivity index (χ0) is 13.5. The number of carbonyl (C=O) groups is 1. The van der Waals surface area contributed by atoms with Crippen LogP contribution in [0.4, 0.5) is 0 Å². The lowest BCUT2D eigenvalue weighted by Crippen LogP contribution is -2.02. The highest BCUT2D eigenvalue weighted by atomic mass is 32.1. The molecule has 0 unspecified atom stereocenters. The highest BCUT2D eigenvalue weighted by Crippen LogP contribution is 2.27. The van der Waals surface area contributed by atoms with Crippen molar-refractivity contribution in [3.05, 3.63) is 64.6 Å². The maximum Gasteiger partial charge on any atom is 0.223 e. The lowest BCUT2D eigenvalue weighted by Gasteiger charge is -1.99. The second-order valence-electron chi connectivity index (χ2n) is 4.56. The van der Waals surface area contributed by atoms with Crippen molar-refractivity contribution in [3.63, 3.8) is 0 Å². The summed E-state index contributed by atoms with van der Waals surface area (Å²) < 4.78 is 0. The maximum atomic E-state index is 12.5. The zero-order valence-corrected chi connectivity index (χ0v) is 11.3. The molecule has 4 aromatic rings. The van der Waals surface area contributed by atoms with Crippen molar-refractivity contribution in [2.45, 2.75) is 0 Å². The zero-order valence-electron chi connectivity index (χ0n) is 10.5. The first-order valence-electron chi connectivity index (χ1n) is 6.28. The second kappa shape index (κ2) is 4.28. The van der Waals surface area contributed by atoms with Crippen LogP contribution in [0.5, 0.6) is 0 Å². The van der Waals surface area contributed by atoms with Crippen LogP contribution in [0, 0.1) is 0 Å². The van der Waals surface area contributed by atoms with E-state index in [1.54, 1.807) is 6.20 Å². The van der Waals surface area contributed by atoms with Gasteiger partial charge in [0.05, 0.1) is 10.4 Å². The molecule has 0 spiro atoms. The molecule has 3 nitrogen and oxygen atoms in total. The van der Waals surface area contributed by atoms with Crippen LogP contribution in [0.25, 0.3) is 21.8 Å². The fourth-order valence-corrected chi connectivity index (χ4v) is 3.14. The fraction of sp³-hybridized carbons (Fsp3) is 0. The van der Waals surface area contributed by atoms with Crippen LogP contribution in [0.3, 0.4) is 0 Å². The summed E-state index contributed by atoms with van der Waals surface area (Å²) in [7, 11) is 0. The number of pyridine rings is 1. The van der Waals surface area contributed by atoms with Gasteiger partial charge < -0.3 is 4.98 Å². The van der Waals surface area contributed by atoms with Crippen molar-refractivity contribution < 1.29 is 4.79 Å². The molecule has 0 aliphatic rings. The first-order valence-corrected chi connectivity index (χ1v) is 7.16. The summed E-state index contributed by atoms with van der Waals surface area (Å²) in [6, 6.07) is 13.7. The van der Waals surface area contributed by atoms with Gasteiger partial charge in [-0.1, -0.05) is 24.3 Å². The number of fused-ring (bicyclic) bond motifs is 3. The van der Waals surface area contributed by atoms with Gasteiger partial charge in [0.1, 0.15) is 5.69 Å². The van der Waals surface area contributed by atoms with E-state index in [0.29, 0.717) is 10.6 Å². The number of nitrogens with zero attached hydrogens (tertiary/aromatic N) is 1. The van der Waals surface area contributed by atoms with Gasteiger partial charge in [0.2, 0.25) is 5.78 Å². The molecule has 1 aromatic carbocycles. The Hall–Kier alpha value is -2.46. The molecule has 0 fully saturated rings. The second-order valence-corrected chi connectivity index (χ2v) is 5.51. The third-order valence-corrected chi connectivity index (χ3v) is 4.26. The average Bonchev–Trinajstić information content (AvgIpc) is 3.13. The number of para-hydroxylation sites is 1. The van der Waals surface area contributed by atoms with E-state index in [0.717, 1.165) is 21.8 Å². The predicted molar refractivity (Wildman–Crippen MR) is 81.4 cm³/mol. The average molecular weight is 278 g/mol. The topological polar surface area (TPSA) is 45.8 Å². The van der Waals surface area contributed by atoms with E-state index in [9.17, 15) is 4.79 Å². The van der Waals surface area contributed by atoms with Crippen LogP contribution >= 0.6 is 11.3 Å². The van der Waals surface area contributed by atoms with Gasteiger partial charge in [-0.3, -0.25) is 9.78 Å². The van der Waals surface area contributed by atoms with Crippen LogP contribution in [0.2, 0.25) is 0 Å². The van der Waals surface area contributed by atoms with Gasteiger partial charge in [-0.05, 0) is 23.6 Å². The summed E-state index contributed by atoms with van der Waals surface area (Å²) in [6.07, 6.45) is 1.70. The van der Waals surface area contributed by atoms with E-state index in [1.807, 2.05) is 47.8 Å². The number of ketones is 1. The largest absolute Gasteiger partial charge is 0.353 e. The highest BCUT2D eigenvalue weighted by molar-refractivity contribution is 7.12. The number of aromatic amines is 1. The predicted octanol–water partition coefficient (Wildman–Crippen LogP) is 4.01. The molecule has 4 rings (SSSR count). The number of rotatable bonds is 2. The van der Waals surface area contributed by atoms with Gasteiger partial charge in [0.25, 0.3) is 0 Å². The molecule has 96 valence electrons. The Balaban J connectivity index is 2.03. The molecule has 0 radical (unpaired) electrons. The molecular formula is C16H10N2OS. The van der Waals surface area contributed by atoms with Crippen molar-refractivity contribution in [3.8, 4) is 0 Å². The monoisotopic (exact) mass is 278 g/mol. The van der Waals surface area contributed by atoms with Gasteiger partial charge >= 0.3 is 0 Å². The molecule has 0 aliphatic carbocycles. The summed E-state index contributed by atoms with van der Waals surface area (Å²) in [4.78, 5) is 20.8. The molecule has 0 saturated carbocycles. The normalized spacial score (nSPS) is 11.2. The third kappa shape index (κ3) is 1.58. The Morgan fingerprint density at radius 1 is 1.05 bits per heavy atom. The van der Waals surface area contributed by atoms with E-state index in [-0.39, 0.29) is 5.78 Å². The molecule has 1 N–H and O–H groups in total. The van der Waals surface area contributed by atoms with Crippen LogP contribution < -0.4 is 0 Å². The van der Waals surface area contributed by atoms with Crippen molar-refractivity contribution in [1.82, 2.24) is 9.97 Å². The number of nitrogens with one attached hydrogen (secondary N) is 1. The molecule has 0 atom stereocenters. The molecule has 3 heterocycles. The van der Waals surface area contributed by atoms with Crippen molar-refractivity contribution in [1.29, 1.82) is 0 Å². The maximum absolute atomic E-state index is 12.5. The Labute approximate surface area is 118 Å². The quantitative estimate of drug-likeness (QED) is 0.563. The minimum atomic E-state index is -0.0304. The summed E-state index contributed by atoms with van der Waals surface area (Å²) in [5.74, 6) is -0.0304. The standard InChI is InChI=1S/C16H10N2OS/c19-16(13-6-3-9-20-13)15-14-11(7-8-17-15)10-4-1-2-5-12(10)18-14/h1-9,18H. The van der Waals surface area contributed by atoms with E-state index in [2.05, 4.69) is 9.97 Å². The number of H-pyrrole nitrogens is 1. The Kier molecular flexibility index (Phi) is 2.44. The first kappa shape index (κ1) is 11.4. The molecule has 0 amide bonds. The Morgan fingerprint density at radius 2 is 1.95 bits per heavy atom. The van der Waals surface area contributed by atoms with Gasteiger partial charge in [0, 0.05) is 22.5 Å². The fourth-order valence-electron chi connectivity index (χ4n) is 2.47. The SMILES string of the molecule is O=C(c1cccs1)c1nccc2c1[nH]c1ccccc12. The molecule has 0 aliphatic heterocycles. The molecule has 4 heteroatoms. The molecular weight excluding hydrogens is 268 g/mol. The molecule has 0 saturated heterocycles. The lowest BCUT2D eigenvalue weighted by atomic mass is 10.1. The number of carbonyl (C=O) groups excluding carboxylic acids is 1. The van der Waals surface area contributed by atoms with Gasteiger partial charge in [-0.15, -0.1) is 11.3 Å². The molecule has 0 bridgehead atoms.